The Morgan fingerprint density at radius 2 is 1.65 bits per heavy atom. The van der Waals surface area contributed by atoms with Gasteiger partial charge in [0.05, 0.1) is 17.3 Å². The van der Waals surface area contributed by atoms with Crippen LogP contribution in [-0.4, -0.2) is 22.5 Å². The average molecular weight is 524 g/mol. The van der Waals surface area contributed by atoms with Crippen LogP contribution in [0.2, 0.25) is 5.02 Å². The smallest absolute Gasteiger partial charge is 0.416 e. The minimum absolute atomic E-state index is 0.168. The number of hydrogen-bond donors (Lipinski definition) is 1. The largest absolute Gasteiger partial charge is 0.457 e. The fourth-order valence-corrected chi connectivity index (χ4v) is 4.51. The molecule has 4 aromatic rings. The molecule has 1 aliphatic heterocycles. The zero-order valence-electron chi connectivity index (χ0n) is 19.3. The molecule has 2 amide bonds. The van der Waals surface area contributed by atoms with Crippen molar-refractivity contribution >= 4 is 17.6 Å². The molecule has 0 bridgehead atoms. The first kappa shape index (κ1) is 24.6. The summed E-state index contributed by atoms with van der Waals surface area (Å²) in [5, 5.41) is 3.38. The Kier molecular flexibility index (Phi) is 6.76. The number of nitrogens with one attached hydrogen (secondary N) is 1. The van der Waals surface area contributed by atoms with Crippen molar-refractivity contribution < 1.29 is 22.7 Å². The molecule has 0 saturated carbocycles. The first-order valence-electron chi connectivity index (χ1n) is 11.5. The molecular formula is C28H21ClF3N3O2. The van der Waals surface area contributed by atoms with Crippen molar-refractivity contribution in [2.45, 2.75) is 18.3 Å². The van der Waals surface area contributed by atoms with Gasteiger partial charge in [0.15, 0.2) is 0 Å². The molecule has 3 aromatic carbocycles. The number of rotatable bonds is 6. The third-order valence-corrected chi connectivity index (χ3v) is 6.36. The summed E-state index contributed by atoms with van der Waals surface area (Å²) >= 11 is 5.93. The van der Waals surface area contributed by atoms with E-state index in [0.717, 1.165) is 17.7 Å². The van der Waals surface area contributed by atoms with E-state index in [9.17, 15) is 18.0 Å². The second-order valence-electron chi connectivity index (χ2n) is 8.51. The van der Waals surface area contributed by atoms with Crippen LogP contribution in [0, 0.1) is 0 Å². The standard InChI is InChI=1S/C28H21ClF3N3O2/c29-21-9-13-23(14-10-21)37-22-11-7-18(8-12-22)26(24-6-1-2-15-33-24)35-25(17-34-27(35)36)19-4-3-5-20(16-19)28(30,31)32/h1-16,25-26H,17H2,(H,34,36). The lowest BCUT2D eigenvalue weighted by molar-refractivity contribution is -0.137. The fourth-order valence-electron chi connectivity index (χ4n) is 4.38. The van der Waals surface area contributed by atoms with Gasteiger partial charge in [0, 0.05) is 17.8 Å². The molecule has 0 aliphatic carbocycles. The third kappa shape index (κ3) is 5.39. The lowest BCUT2D eigenvalue weighted by Gasteiger charge is -2.32. The highest BCUT2D eigenvalue weighted by atomic mass is 35.5. The molecule has 2 heterocycles. The molecule has 1 N–H and O–H groups in total. The molecule has 0 spiro atoms. The molecule has 1 aromatic heterocycles. The first-order valence-corrected chi connectivity index (χ1v) is 11.8. The predicted octanol–water partition coefficient (Wildman–Crippen LogP) is 7.40. The maximum absolute atomic E-state index is 13.4. The van der Waals surface area contributed by atoms with Crippen LogP contribution in [0.5, 0.6) is 11.5 Å². The normalized spacial score (nSPS) is 16.4. The molecule has 2 atom stereocenters. The Hall–Kier alpha value is -4.04. The number of amides is 2. The number of carbonyl (C=O) groups is 1. The molecule has 1 saturated heterocycles. The van der Waals surface area contributed by atoms with Gasteiger partial charge in [0.25, 0.3) is 0 Å². The van der Waals surface area contributed by atoms with E-state index < -0.39 is 23.8 Å². The summed E-state index contributed by atoms with van der Waals surface area (Å²) in [7, 11) is 0. The van der Waals surface area contributed by atoms with Crippen LogP contribution in [0.4, 0.5) is 18.0 Å². The van der Waals surface area contributed by atoms with E-state index in [2.05, 4.69) is 10.3 Å². The van der Waals surface area contributed by atoms with Crippen molar-refractivity contribution in [3.05, 3.63) is 125 Å². The first-order chi connectivity index (χ1) is 17.8. The minimum Gasteiger partial charge on any atom is -0.457 e. The SMILES string of the molecule is O=C1NCC(c2cccc(C(F)(F)F)c2)N1C(c1ccc(Oc2ccc(Cl)cc2)cc1)c1ccccn1. The van der Waals surface area contributed by atoms with Crippen molar-refractivity contribution in [3.8, 4) is 11.5 Å². The molecule has 1 aliphatic rings. The summed E-state index contributed by atoms with van der Waals surface area (Å²) in [6, 6.07) is 22.9. The molecular weight excluding hydrogens is 503 g/mol. The summed E-state index contributed by atoms with van der Waals surface area (Å²) in [5.74, 6) is 1.19. The number of ether oxygens (including phenoxy) is 1. The maximum atomic E-state index is 13.4. The summed E-state index contributed by atoms with van der Waals surface area (Å²) in [4.78, 5) is 19.1. The van der Waals surface area contributed by atoms with Gasteiger partial charge in [0.2, 0.25) is 0 Å². The molecule has 0 radical (unpaired) electrons. The topological polar surface area (TPSA) is 54.5 Å². The number of nitrogens with zero attached hydrogens (tertiary/aromatic N) is 2. The lowest BCUT2D eigenvalue weighted by Crippen LogP contribution is -2.35. The lowest BCUT2D eigenvalue weighted by atomic mass is 9.97. The van der Waals surface area contributed by atoms with Crippen LogP contribution in [0.1, 0.15) is 34.5 Å². The quantitative estimate of drug-likeness (QED) is 0.286. The number of hydrogen-bond acceptors (Lipinski definition) is 3. The second kappa shape index (κ2) is 10.1. The van der Waals surface area contributed by atoms with E-state index in [1.54, 1.807) is 71.8 Å². The Balaban J connectivity index is 1.51. The molecule has 5 nitrogen and oxygen atoms in total. The summed E-state index contributed by atoms with van der Waals surface area (Å²) in [5.41, 5.74) is 0.943. The number of benzene rings is 3. The monoisotopic (exact) mass is 523 g/mol. The zero-order chi connectivity index (χ0) is 26.0. The van der Waals surface area contributed by atoms with Gasteiger partial charge in [-0.1, -0.05) is 41.9 Å². The molecule has 1 fully saturated rings. The Labute approximate surface area is 216 Å². The summed E-state index contributed by atoms with van der Waals surface area (Å²) < 4.78 is 46.1. The zero-order valence-corrected chi connectivity index (χ0v) is 20.1. The van der Waals surface area contributed by atoms with Crippen LogP contribution in [0.25, 0.3) is 0 Å². The highest BCUT2D eigenvalue weighted by Crippen LogP contribution is 2.39. The van der Waals surface area contributed by atoms with E-state index in [1.807, 2.05) is 12.1 Å². The maximum Gasteiger partial charge on any atom is 0.416 e. The third-order valence-electron chi connectivity index (χ3n) is 6.11. The van der Waals surface area contributed by atoms with Gasteiger partial charge in [0.1, 0.15) is 17.5 Å². The van der Waals surface area contributed by atoms with Crippen molar-refractivity contribution in [2.24, 2.45) is 0 Å². The van der Waals surface area contributed by atoms with Gasteiger partial charge in [-0.2, -0.15) is 13.2 Å². The Bertz CT molecular complexity index is 1380. The van der Waals surface area contributed by atoms with E-state index in [-0.39, 0.29) is 12.6 Å². The molecule has 9 heteroatoms. The molecule has 2 unspecified atom stereocenters. The number of alkyl halides is 3. The Morgan fingerprint density at radius 3 is 2.30 bits per heavy atom. The van der Waals surface area contributed by atoms with Gasteiger partial charge < -0.3 is 15.0 Å². The predicted molar refractivity (Wildman–Crippen MR) is 133 cm³/mol. The molecule has 5 rings (SSSR count). The number of aromatic nitrogens is 1. The van der Waals surface area contributed by atoms with Crippen LogP contribution in [0.3, 0.4) is 0 Å². The highest BCUT2D eigenvalue weighted by molar-refractivity contribution is 6.30. The van der Waals surface area contributed by atoms with Crippen molar-refractivity contribution in [3.63, 3.8) is 0 Å². The van der Waals surface area contributed by atoms with Gasteiger partial charge in [-0.3, -0.25) is 4.98 Å². The average Bonchev–Trinajstić information content (AvgIpc) is 3.28. The van der Waals surface area contributed by atoms with Crippen LogP contribution in [0.15, 0.2) is 97.2 Å². The molecule has 188 valence electrons. The van der Waals surface area contributed by atoms with Gasteiger partial charge in [-0.15, -0.1) is 0 Å². The molecule has 37 heavy (non-hydrogen) atoms. The number of urea groups is 1. The van der Waals surface area contributed by atoms with Crippen molar-refractivity contribution in [1.29, 1.82) is 0 Å². The summed E-state index contributed by atoms with van der Waals surface area (Å²) in [6.45, 7) is 0.168. The highest BCUT2D eigenvalue weighted by Gasteiger charge is 2.40. The van der Waals surface area contributed by atoms with Crippen molar-refractivity contribution in [1.82, 2.24) is 15.2 Å². The van der Waals surface area contributed by atoms with E-state index in [4.69, 9.17) is 16.3 Å². The van der Waals surface area contributed by atoms with Gasteiger partial charge >= 0.3 is 12.2 Å². The van der Waals surface area contributed by atoms with Crippen molar-refractivity contribution in [2.75, 3.05) is 6.54 Å². The second-order valence-corrected chi connectivity index (χ2v) is 8.95. The number of pyridine rings is 1. The van der Waals surface area contributed by atoms with Crippen LogP contribution >= 0.6 is 11.6 Å². The van der Waals surface area contributed by atoms with E-state index in [1.165, 1.54) is 6.07 Å². The van der Waals surface area contributed by atoms with E-state index >= 15 is 0 Å². The fraction of sp³-hybridized carbons (Fsp3) is 0.143. The van der Waals surface area contributed by atoms with Crippen LogP contribution < -0.4 is 10.1 Å². The summed E-state index contributed by atoms with van der Waals surface area (Å²) in [6.07, 6.45) is -2.87. The number of halogens is 4. The minimum atomic E-state index is -4.49. The van der Waals surface area contributed by atoms with Crippen LogP contribution in [-0.2, 0) is 6.18 Å². The Morgan fingerprint density at radius 1 is 0.946 bits per heavy atom. The van der Waals surface area contributed by atoms with E-state index in [0.29, 0.717) is 27.8 Å². The van der Waals surface area contributed by atoms with Gasteiger partial charge in [-0.25, -0.2) is 4.79 Å². The number of carbonyl (C=O) groups excluding carboxylic acids is 1. The van der Waals surface area contributed by atoms with Gasteiger partial charge in [-0.05, 0) is 71.8 Å².